The summed E-state index contributed by atoms with van der Waals surface area (Å²) in [6, 6.07) is -0.274. The molecule has 0 saturated carbocycles. The van der Waals surface area contributed by atoms with Crippen LogP contribution in [-0.4, -0.2) is 28.4 Å². The Balaban J connectivity index is 2.46. The van der Waals surface area contributed by atoms with Gasteiger partial charge in [-0.3, -0.25) is 4.79 Å². The molecular formula is C10H19NO3S. The van der Waals surface area contributed by atoms with Crippen LogP contribution >= 0.6 is 12.6 Å². The summed E-state index contributed by atoms with van der Waals surface area (Å²) >= 11 is 3.85. The highest BCUT2D eigenvalue weighted by Crippen LogP contribution is 2.21. The first kappa shape index (κ1) is 13.0. The Bertz CT molecular complexity index is 227. The van der Waals surface area contributed by atoms with Crippen molar-refractivity contribution in [3.8, 4) is 0 Å². The van der Waals surface area contributed by atoms with Gasteiger partial charge < -0.3 is 0 Å². The molecule has 5 heteroatoms. The first-order valence-electron chi connectivity index (χ1n) is 5.25. The number of rotatable bonds is 3. The van der Waals surface area contributed by atoms with Crippen LogP contribution in [-0.2, 0) is 14.7 Å². The van der Waals surface area contributed by atoms with Crippen LogP contribution in [0.25, 0.3) is 0 Å². The molecule has 15 heavy (non-hydrogen) atoms. The van der Waals surface area contributed by atoms with Gasteiger partial charge in [0.15, 0.2) is 0 Å². The first-order chi connectivity index (χ1) is 6.90. The van der Waals surface area contributed by atoms with Gasteiger partial charge in [-0.1, -0.05) is 0 Å². The second kappa shape index (κ2) is 5.30. The third kappa shape index (κ3) is 4.51. The molecule has 4 nitrogen and oxygen atoms in total. The largest absolute Gasteiger partial charge is 0.286 e. The van der Waals surface area contributed by atoms with Crippen LogP contribution in [0, 0.1) is 0 Å². The average Bonchev–Trinajstić information content (AvgIpc) is 2.14. The van der Waals surface area contributed by atoms with E-state index in [9.17, 15) is 4.79 Å². The van der Waals surface area contributed by atoms with E-state index in [0.717, 1.165) is 19.3 Å². The van der Waals surface area contributed by atoms with E-state index in [1.807, 2.05) is 20.8 Å². The molecule has 1 atom stereocenters. The van der Waals surface area contributed by atoms with Crippen LogP contribution in [0.15, 0.2) is 0 Å². The van der Waals surface area contributed by atoms with Gasteiger partial charge >= 0.3 is 0 Å². The number of hydrogen-bond acceptors (Lipinski definition) is 4. The molecular weight excluding hydrogens is 214 g/mol. The Hall–Kier alpha value is -0.100. The van der Waals surface area contributed by atoms with Crippen LogP contribution in [0.3, 0.4) is 0 Å². The summed E-state index contributed by atoms with van der Waals surface area (Å²) < 4.78 is 0. The summed E-state index contributed by atoms with van der Waals surface area (Å²) in [5, 5.41) is 1.43. The molecule has 1 rings (SSSR count). The maximum Gasteiger partial charge on any atom is 0.205 e. The summed E-state index contributed by atoms with van der Waals surface area (Å²) in [6.07, 6.45) is 2.84. The minimum Gasteiger partial charge on any atom is -0.286 e. The fourth-order valence-electron chi connectivity index (χ4n) is 1.40. The molecule has 88 valence electrons. The zero-order valence-corrected chi connectivity index (χ0v) is 10.4. The van der Waals surface area contributed by atoms with Gasteiger partial charge in [0.05, 0.1) is 5.60 Å². The molecule has 1 aliphatic rings. The average molecular weight is 233 g/mol. The second-order valence-corrected chi connectivity index (χ2v) is 5.20. The molecule has 1 saturated heterocycles. The molecule has 1 heterocycles. The minimum atomic E-state index is -0.373. The lowest BCUT2D eigenvalue weighted by molar-refractivity contribution is -0.468. The minimum absolute atomic E-state index is 0.160. The van der Waals surface area contributed by atoms with Gasteiger partial charge in [-0.05, 0) is 40.0 Å². The number of nitrogens with zero attached hydrogens (tertiary/aromatic N) is 1. The number of hydroxylamine groups is 2. The molecule has 0 N–H and O–H groups in total. The topological polar surface area (TPSA) is 38.8 Å². The first-order valence-corrected chi connectivity index (χ1v) is 5.70. The summed E-state index contributed by atoms with van der Waals surface area (Å²) in [4.78, 5) is 21.6. The predicted octanol–water partition coefficient (Wildman–Crippen LogP) is 1.96. The van der Waals surface area contributed by atoms with Crippen LogP contribution in [0.5, 0.6) is 0 Å². The van der Waals surface area contributed by atoms with Crippen LogP contribution in [0.4, 0.5) is 0 Å². The van der Waals surface area contributed by atoms with Crippen molar-refractivity contribution in [2.24, 2.45) is 0 Å². The van der Waals surface area contributed by atoms with Crippen molar-refractivity contribution >= 4 is 17.7 Å². The maximum absolute atomic E-state index is 11.2. The van der Waals surface area contributed by atoms with Crippen molar-refractivity contribution in [1.29, 1.82) is 0 Å². The zero-order chi connectivity index (χ0) is 11.5. The molecule has 0 radical (unpaired) electrons. The van der Waals surface area contributed by atoms with Crippen molar-refractivity contribution in [1.82, 2.24) is 5.06 Å². The van der Waals surface area contributed by atoms with Gasteiger partial charge in [-0.2, -0.15) is 0 Å². The number of carbonyl (C=O) groups excluding carboxylic acids is 1. The molecule has 1 fully saturated rings. The molecule has 0 bridgehead atoms. The lowest BCUT2D eigenvalue weighted by Gasteiger charge is -2.32. The Kier molecular flexibility index (Phi) is 4.58. The van der Waals surface area contributed by atoms with Gasteiger partial charge in [-0.15, -0.1) is 22.7 Å². The van der Waals surface area contributed by atoms with E-state index in [4.69, 9.17) is 9.88 Å². The molecule has 0 spiro atoms. The van der Waals surface area contributed by atoms with Gasteiger partial charge in [0.25, 0.3) is 0 Å². The highest BCUT2D eigenvalue weighted by Gasteiger charge is 2.29. The van der Waals surface area contributed by atoms with Crippen molar-refractivity contribution in [3.05, 3.63) is 0 Å². The van der Waals surface area contributed by atoms with Crippen molar-refractivity contribution in [3.63, 3.8) is 0 Å². The molecule has 0 aromatic carbocycles. The highest BCUT2D eigenvalue weighted by atomic mass is 32.1. The van der Waals surface area contributed by atoms with E-state index < -0.39 is 0 Å². The van der Waals surface area contributed by atoms with E-state index in [1.165, 1.54) is 0 Å². The summed E-state index contributed by atoms with van der Waals surface area (Å²) in [6.45, 7) is 6.41. The molecule has 0 amide bonds. The fourth-order valence-corrected chi connectivity index (χ4v) is 1.66. The lowest BCUT2D eigenvalue weighted by Crippen LogP contribution is -2.44. The fraction of sp³-hybridized carbons (Fsp3) is 0.900. The van der Waals surface area contributed by atoms with E-state index in [1.54, 1.807) is 5.06 Å². The lowest BCUT2D eigenvalue weighted by atomic mass is 10.1. The van der Waals surface area contributed by atoms with E-state index in [-0.39, 0.29) is 16.8 Å². The Morgan fingerprint density at radius 2 is 2.07 bits per heavy atom. The second-order valence-electron chi connectivity index (χ2n) is 4.76. The predicted molar refractivity (Wildman–Crippen MR) is 60.3 cm³/mol. The molecule has 1 unspecified atom stereocenters. The molecule has 1 aliphatic heterocycles. The van der Waals surface area contributed by atoms with Crippen LogP contribution in [0.2, 0.25) is 0 Å². The van der Waals surface area contributed by atoms with E-state index in [0.29, 0.717) is 6.54 Å². The normalized spacial score (nSPS) is 24.1. The molecule has 0 aliphatic carbocycles. The van der Waals surface area contributed by atoms with Gasteiger partial charge in [0.1, 0.15) is 6.04 Å². The number of piperidine rings is 1. The van der Waals surface area contributed by atoms with Crippen molar-refractivity contribution in [2.45, 2.75) is 51.7 Å². The number of hydrogen-bond donors (Lipinski definition) is 1. The van der Waals surface area contributed by atoms with E-state index >= 15 is 0 Å². The Morgan fingerprint density at radius 3 is 2.60 bits per heavy atom. The summed E-state index contributed by atoms with van der Waals surface area (Å²) in [7, 11) is 0. The standard InChI is InChI=1S/C10H19NO3S/c1-10(2,3)13-14-11-7-5-4-6-8(11)9(12)15/h8H,4-7H2,1-3H3,(H,12,15). The summed E-state index contributed by atoms with van der Waals surface area (Å²) in [5.41, 5.74) is -0.373. The SMILES string of the molecule is CC(C)(C)OON1CCCCC1C(=O)S. The third-order valence-electron chi connectivity index (χ3n) is 2.12. The van der Waals surface area contributed by atoms with Gasteiger partial charge in [0.2, 0.25) is 5.12 Å². The monoisotopic (exact) mass is 233 g/mol. The maximum atomic E-state index is 11.2. The van der Waals surface area contributed by atoms with E-state index in [2.05, 4.69) is 12.6 Å². The molecule has 0 aromatic rings. The molecule has 0 aromatic heterocycles. The summed E-state index contributed by atoms with van der Waals surface area (Å²) in [5.74, 6) is 0. The Labute approximate surface area is 96.2 Å². The highest BCUT2D eigenvalue weighted by molar-refractivity contribution is 7.96. The van der Waals surface area contributed by atoms with Crippen molar-refractivity contribution in [2.75, 3.05) is 6.54 Å². The van der Waals surface area contributed by atoms with Crippen LogP contribution in [0.1, 0.15) is 40.0 Å². The van der Waals surface area contributed by atoms with Crippen LogP contribution < -0.4 is 0 Å². The smallest absolute Gasteiger partial charge is 0.205 e. The third-order valence-corrected chi connectivity index (χ3v) is 2.42. The quantitative estimate of drug-likeness (QED) is 0.459. The van der Waals surface area contributed by atoms with Gasteiger partial charge in [-0.25, -0.2) is 4.89 Å². The zero-order valence-electron chi connectivity index (χ0n) is 9.52. The number of thiol groups is 1. The van der Waals surface area contributed by atoms with Crippen molar-refractivity contribution < 1.29 is 14.7 Å². The number of carbonyl (C=O) groups is 1. The Morgan fingerprint density at radius 1 is 1.40 bits per heavy atom. The van der Waals surface area contributed by atoms with Gasteiger partial charge in [0, 0.05) is 6.54 Å².